The minimum Gasteiger partial charge on any atom is -0.481 e. The molecule has 1 fully saturated rings. The standard InChI is InChI=1S/C13H23N3O4/c1-10(17)14-5-6-15-12(18)9-16-7-4-11(8-16)2-3-13(19)20/h11H,2-9H2,1H3,(H,14,17)(H,15,18)(H,19,20). The second-order valence-corrected chi connectivity index (χ2v) is 5.16. The summed E-state index contributed by atoms with van der Waals surface area (Å²) in [5.41, 5.74) is 0. The normalized spacial score (nSPS) is 18.8. The van der Waals surface area contributed by atoms with E-state index >= 15 is 0 Å². The van der Waals surface area contributed by atoms with Crippen molar-refractivity contribution in [1.29, 1.82) is 0 Å². The highest BCUT2D eigenvalue weighted by molar-refractivity contribution is 5.78. The van der Waals surface area contributed by atoms with E-state index in [1.165, 1.54) is 6.92 Å². The molecule has 1 unspecified atom stereocenters. The van der Waals surface area contributed by atoms with E-state index in [2.05, 4.69) is 10.6 Å². The lowest BCUT2D eigenvalue weighted by molar-refractivity contribution is -0.137. The lowest BCUT2D eigenvalue weighted by Crippen LogP contribution is -2.39. The second-order valence-electron chi connectivity index (χ2n) is 5.16. The molecule has 0 bridgehead atoms. The van der Waals surface area contributed by atoms with Gasteiger partial charge in [-0.1, -0.05) is 0 Å². The zero-order valence-electron chi connectivity index (χ0n) is 11.9. The quantitative estimate of drug-likeness (QED) is 0.519. The van der Waals surface area contributed by atoms with Crippen molar-refractivity contribution < 1.29 is 19.5 Å². The highest BCUT2D eigenvalue weighted by Crippen LogP contribution is 2.20. The molecule has 1 rings (SSSR count). The van der Waals surface area contributed by atoms with Gasteiger partial charge in [-0.3, -0.25) is 19.3 Å². The third kappa shape index (κ3) is 7.08. The summed E-state index contributed by atoms with van der Waals surface area (Å²) in [5.74, 6) is -0.563. The van der Waals surface area contributed by atoms with Gasteiger partial charge >= 0.3 is 5.97 Å². The lowest BCUT2D eigenvalue weighted by Gasteiger charge is -2.15. The van der Waals surface area contributed by atoms with Crippen LogP contribution in [-0.2, 0) is 14.4 Å². The molecule has 0 saturated carbocycles. The summed E-state index contributed by atoms with van der Waals surface area (Å²) in [6.07, 6.45) is 1.82. The van der Waals surface area contributed by atoms with Gasteiger partial charge in [-0.25, -0.2) is 0 Å². The fraction of sp³-hybridized carbons (Fsp3) is 0.769. The summed E-state index contributed by atoms with van der Waals surface area (Å²) in [6.45, 7) is 4.25. The van der Waals surface area contributed by atoms with Crippen LogP contribution in [0.3, 0.4) is 0 Å². The van der Waals surface area contributed by atoms with Crippen molar-refractivity contribution in [2.75, 3.05) is 32.7 Å². The molecule has 7 nitrogen and oxygen atoms in total. The number of likely N-dealkylation sites (tertiary alicyclic amines) is 1. The molecule has 1 saturated heterocycles. The average molecular weight is 285 g/mol. The number of hydrogen-bond acceptors (Lipinski definition) is 4. The van der Waals surface area contributed by atoms with Gasteiger partial charge in [-0.2, -0.15) is 0 Å². The summed E-state index contributed by atoms with van der Waals surface area (Å²) in [6, 6.07) is 0. The van der Waals surface area contributed by atoms with E-state index < -0.39 is 5.97 Å². The maximum atomic E-state index is 11.7. The number of carbonyl (C=O) groups is 3. The van der Waals surface area contributed by atoms with E-state index in [1.807, 2.05) is 4.90 Å². The average Bonchev–Trinajstić information content (AvgIpc) is 2.79. The number of nitrogens with one attached hydrogen (secondary N) is 2. The molecule has 20 heavy (non-hydrogen) atoms. The summed E-state index contributed by atoms with van der Waals surface area (Å²) < 4.78 is 0. The van der Waals surface area contributed by atoms with Crippen LogP contribution in [0.1, 0.15) is 26.2 Å². The summed E-state index contributed by atoms with van der Waals surface area (Å²) in [7, 11) is 0. The molecule has 1 aliphatic rings. The number of rotatable bonds is 8. The third-order valence-electron chi connectivity index (χ3n) is 3.32. The van der Waals surface area contributed by atoms with Crippen molar-refractivity contribution in [2.45, 2.75) is 26.2 Å². The Hall–Kier alpha value is -1.63. The number of carboxylic acids is 1. The van der Waals surface area contributed by atoms with Crippen molar-refractivity contribution in [2.24, 2.45) is 5.92 Å². The minimum absolute atomic E-state index is 0.0609. The molecular weight excluding hydrogens is 262 g/mol. The van der Waals surface area contributed by atoms with E-state index in [4.69, 9.17) is 5.11 Å². The molecule has 0 aliphatic carbocycles. The van der Waals surface area contributed by atoms with Crippen LogP contribution < -0.4 is 10.6 Å². The number of carbonyl (C=O) groups excluding carboxylic acids is 2. The Morgan fingerprint density at radius 3 is 2.60 bits per heavy atom. The Morgan fingerprint density at radius 1 is 1.25 bits per heavy atom. The monoisotopic (exact) mass is 285 g/mol. The van der Waals surface area contributed by atoms with Gasteiger partial charge in [-0.15, -0.1) is 0 Å². The van der Waals surface area contributed by atoms with Gasteiger partial charge in [0.1, 0.15) is 0 Å². The first-order valence-corrected chi connectivity index (χ1v) is 6.92. The highest BCUT2D eigenvalue weighted by Gasteiger charge is 2.24. The van der Waals surface area contributed by atoms with Gasteiger partial charge in [0.05, 0.1) is 6.54 Å². The van der Waals surface area contributed by atoms with Crippen LogP contribution >= 0.6 is 0 Å². The molecule has 7 heteroatoms. The third-order valence-corrected chi connectivity index (χ3v) is 3.32. The number of amides is 2. The highest BCUT2D eigenvalue weighted by atomic mass is 16.4. The first-order chi connectivity index (χ1) is 9.47. The van der Waals surface area contributed by atoms with Crippen LogP contribution in [0.15, 0.2) is 0 Å². The molecule has 0 aromatic rings. The molecule has 114 valence electrons. The van der Waals surface area contributed by atoms with Gasteiger partial charge in [0.15, 0.2) is 0 Å². The Morgan fingerprint density at radius 2 is 1.95 bits per heavy atom. The minimum atomic E-state index is -0.765. The van der Waals surface area contributed by atoms with Crippen LogP contribution in [0.4, 0.5) is 0 Å². The summed E-state index contributed by atoms with van der Waals surface area (Å²) in [5, 5.41) is 14.0. The zero-order valence-corrected chi connectivity index (χ0v) is 11.9. The SMILES string of the molecule is CC(=O)NCCNC(=O)CN1CCC(CCC(=O)O)C1. The van der Waals surface area contributed by atoms with Crippen molar-refractivity contribution in [3.63, 3.8) is 0 Å². The predicted octanol–water partition coefficient (Wildman–Crippen LogP) is -0.575. The number of aliphatic carboxylic acids is 1. The molecule has 3 N–H and O–H groups in total. The van der Waals surface area contributed by atoms with E-state index in [0.29, 0.717) is 32.0 Å². The van der Waals surface area contributed by atoms with Gasteiger partial charge in [0.2, 0.25) is 11.8 Å². The van der Waals surface area contributed by atoms with Crippen molar-refractivity contribution in [3.8, 4) is 0 Å². The Balaban J connectivity index is 2.11. The van der Waals surface area contributed by atoms with E-state index in [1.54, 1.807) is 0 Å². The molecule has 0 spiro atoms. The van der Waals surface area contributed by atoms with Crippen molar-refractivity contribution in [3.05, 3.63) is 0 Å². The van der Waals surface area contributed by atoms with E-state index in [-0.39, 0.29) is 18.2 Å². The van der Waals surface area contributed by atoms with Crippen LogP contribution in [0.2, 0.25) is 0 Å². The Labute approximate surface area is 118 Å². The van der Waals surface area contributed by atoms with Gasteiger partial charge in [0.25, 0.3) is 0 Å². The maximum Gasteiger partial charge on any atom is 0.303 e. The molecule has 1 atom stereocenters. The molecule has 1 heterocycles. The number of carboxylic acid groups (broad SMARTS) is 1. The molecule has 2 amide bonds. The van der Waals surface area contributed by atoms with Crippen LogP contribution in [0, 0.1) is 5.92 Å². The van der Waals surface area contributed by atoms with E-state index in [0.717, 1.165) is 19.5 Å². The van der Waals surface area contributed by atoms with Crippen LogP contribution in [-0.4, -0.2) is 60.5 Å². The topological polar surface area (TPSA) is 98.7 Å². The second kappa shape index (κ2) is 8.52. The molecule has 0 radical (unpaired) electrons. The number of nitrogens with zero attached hydrogens (tertiary/aromatic N) is 1. The smallest absolute Gasteiger partial charge is 0.303 e. The molecule has 1 aliphatic heterocycles. The van der Waals surface area contributed by atoms with Gasteiger partial charge in [-0.05, 0) is 25.3 Å². The first-order valence-electron chi connectivity index (χ1n) is 6.92. The fourth-order valence-electron chi connectivity index (χ4n) is 2.32. The fourth-order valence-corrected chi connectivity index (χ4v) is 2.32. The summed E-state index contributed by atoms with van der Waals surface area (Å²) >= 11 is 0. The Bertz CT molecular complexity index is 360. The van der Waals surface area contributed by atoms with Gasteiger partial charge < -0.3 is 15.7 Å². The first kappa shape index (κ1) is 16.4. The van der Waals surface area contributed by atoms with Crippen molar-refractivity contribution in [1.82, 2.24) is 15.5 Å². The van der Waals surface area contributed by atoms with Crippen LogP contribution in [0.5, 0.6) is 0 Å². The predicted molar refractivity (Wildman–Crippen MR) is 73.1 cm³/mol. The summed E-state index contributed by atoms with van der Waals surface area (Å²) in [4.78, 5) is 34.8. The molecule has 0 aromatic heterocycles. The van der Waals surface area contributed by atoms with Crippen LogP contribution in [0.25, 0.3) is 0 Å². The molecule has 0 aromatic carbocycles. The zero-order chi connectivity index (χ0) is 15.0. The van der Waals surface area contributed by atoms with Crippen molar-refractivity contribution >= 4 is 17.8 Å². The van der Waals surface area contributed by atoms with E-state index in [9.17, 15) is 14.4 Å². The molecular formula is C13H23N3O4. The Kier molecular flexibility index (Phi) is 7.00. The largest absolute Gasteiger partial charge is 0.481 e. The lowest BCUT2D eigenvalue weighted by atomic mass is 10.0. The number of hydrogen-bond donors (Lipinski definition) is 3. The van der Waals surface area contributed by atoms with Gasteiger partial charge in [0, 0.05) is 33.0 Å². The maximum absolute atomic E-state index is 11.7.